The van der Waals surface area contributed by atoms with Gasteiger partial charge in [-0.15, -0.1) is 0 Å². The minimum absolute atomic E-state index is 0.0242. The molecule has 1 N–H and O–H groups in total. The van der Waals surface area contributed by atoms with Gasteiger partial charge >= 0.3 is 6.18 Å². The van der Waals surface area contributed by atoms with Crippen molar-refractivity contribution in [3.05, 3.63) is 77.9 Å². The largest absolute Gasteiger partial charge is 0.497 e. The van der Waals surface area contributed by atoms with Crippen LogP contribution in [-0.2, 0) is 24.1 Å². The summed E-state index contributed by atoms with van der Waals surface area (Å²) in [6.07, 6.45) is 4.70. The lowest BCUT2D eigenvalue weighted by atomic mass is 9.95. The fraction of sp³-hybridized carbons (Fsp3) is 0.345. The van der Waals surface area contributed by atoms with E-state index in [-0.39, 0.29) is 47.9 Å². The van der Waals surface area contributed by atoms with Gasteiger partial charge in [0.25, 0.3) is 5.91 Å². The summed E-state index contributed by atoms with van der Waals surface area (Å²) in [5.74, 6) is -0.350. The standard InChI is InChI=1S/C29H28F3N7O3/c1-3-38-14-22(27(36-38)29(30,31)32)20-10-17(13-37-9-8-33-16-37)11-21-25(20)35-24(40)15-39(28(21)41)26(18-4-5-18)23-12-19(42-2)6-7-34-23/h6-12,14,16,18,26H,3-5,13,15H2,1-2H3,(H,35,40). The molecule has 0 saturated heterocycles. The van der Waals surface area contributed by atoms with Gasteiger partial charge in [0.15, 0.2) is 5.69 Å². The van der Waals surface area contributed by atoms with E-state index in [1.165, 1.54) is 22.9 Å². The van der Waals surface area contributed by atoms with Crippen molar-refractivity contribution in [2.75, 3.05) is 19.0 Å². The lowest BCUT2D eigenvalue weighted by Crippen LogP contribution is -2.39. The number of amides is 2. The minimum atomic E-state index is -4.76. The summed E-state index contributed by atoms with van der Waals surface area (Å²) in [6, 6.07) is 6.12. The number of fused-ring (bicyclic) bond motifs is 1. The summed E-state index contributed by atoms with van der Waals surface area (Å²) in [4.78, 5) is 37.8. The van der Waals surface area contributed by atoms with E-state index in [1.54, 1.807) is 60.7 Å². The Balaban J connectivity index is 1.53. The zero-order chi connectivity index (χ0) is 29.6. The van der Waals surface area contributed by atoms with Crippen LogP contribution in [0.25, 0.3) is 11.1 Å². The van der Waals surface area contributed by atoms with Crippen LogP contribution in [0.15, 0.2) is 55.4 Å². The zero-order valence-electron chi connectivity index (χ0n) is 22.9. The second-order valence-electron chi connectivity index (χ2n) is 10.4. The second-order valence-corrected chi connectivity index (χ2v) is 10.4. The number of halogens is 3. The number of aromatic nitrogens is 5. The van der Waals surface area contributed by atoms with Crippen molar-refractivity contribution in [3.63, 3.8) is 0 Å². The van der Waals surface area contributed by atoms with Crippen LogP contribution >= 0.6 is 0 Å². The number of nitrogens with one attached hydrogen (secondary N) is 1. The maximum Gasteiger partial charge on any atom is 0.435 e. The zero-order valence-corrected chi connectivity index (χ0v) is 22.9. The van der Waals surface area contributed by atoms with Gasteiger partial charge in [0.05, 0.1) is 36.4 Å². The van der Waals surface area contributed by atoms with E-state index in [0.717, 1.165) is 12.8 Å². The molecule has 0 radical (unpaired) electrons. The molecule has 3 aromatic heterocycles. The molecule has 1 aliphatic heterocycles. The number of carbonyl (C=O) groups is 2. The van der Waals surface area contributed by atoms with E-state index in [9.17, 15) is 22.8 Å². The number of pyridine rings is 1. The van der Waals surface area contributed by atoms with Gasteiger partial charge in [-0.2, -0.15) is 18.3 Å². The lowest BCUT2D eigenvalue weighted by molar-refractivity contribution is -0.141. The number of hydrogen-bond donors (Lipinski definition) is 1. The number of nitrogens with zero attached hydrogens (tertiary/aromatic N) is 6. The van der Waals surface area contributed by atoms with Gasteiger partial charge < -0.3 is 19.5 Å². The average molecular weight is 580 g/mol. The Hall–Kier alpha value is -4.68. The van der Waals surface area contributed by atoms with Gasteiger partial charge in [0, 0.05) is 55.1 Å². The maximum atomic E-state index is 14.4. The van der Waals surface area contributed by atoms with Crippen molar-refractivity contribution < 1.29 is 27.5 Å². The summed E-state index contributed by atoms with van der Waals surface area (Å²) in [5, 5.41) is 6.53. The van der Waals surface area contributed by atoms with Crippen molar-refractivity contribution >= 4 is 17.5 Å². The summed E-state index contributed by atoms with van der Waals surface area (Å²) >= 11 is 0. The number of anilines is 1. The van der Waals surface area contributed by atoms with Crippen molar-refractivity contribution in [3.8, 4) is 16.9 Å². The summed E-state index contributed by atoms with van der Waals surface area (Å²) in [7, 11) is 1.53. The number of methoxy groups -OCH3 is 1. The number of aryl methyl sites for hydroxylation is 1. The monoisotopic (exact) mass is 579 g/mol. The number of alkyl halides is 3. The SMILES string of the molecule is CCn1cc(-c2cc(Cn3ccnc3)cc3c2NC(=O)CN(C(c2cc(OC)ccn2)C2CC2)C3=O)c(C(F)(F)F)n1. The molecular weight excluding hydrogens is 551 g/mol. The molecule has 0 spiro atoms. The molecule has 1 fully saturated rings. The fourth-order valence-electron chi connectivity index (χ4n) is 5.46. The molecule has 0 bridgehead atoms. The van der Waals surface area contributed by atoms with E-state index >= 15 is 0 Å². The van der Waals surface area contributed by atoms with Crippen LogP contribution in [0.2, 0.25) is 0 Å². The summed E-state index contributed by atoms with van der Waals surface area (Å²) in [5.41, 5.74) is 0.0236. The first-order valence-electron chi connectivity index (χ1n) is 13.5. The Morgan fingerprint density at radius 1 is 1.12 bits per heavy atom. The van der Waals surface area contributed by atoms with Gasteiger partial charge in [-0.3, -0.25) is 19.3 Å². The third-order valence-electron chi connectivity index (χ3n) is 7.53. The first kappa shape index (κ1) is 27.5. The molecule has 218 valence electrons. The molecule has 1 saturated carbocycles. The number of rotatable bonds is 8. The van der Waals surface area contributed by atoms with Gasteiger partial charge in [-0.05, 0) is 49.4 Å². The highest BCUT2D eigenvalue weighted by Gasteiger charge is 2.43. The highest BCUT2D eigenvalue weighted by molar-refractivity contribution is 6.12. The third kappa shape index (κ3) is 5.21. The van der Waals surface area contributed by atoms with Crippen molar-refractivity contribution in [2.45, 2.75) is 45.1 Å². The van der Waals surface area contributed by atoms with Crippen LogP contribution in [0.4, 0.5) is 18.9 Å². The molecule has 13 heteroatoms. The van der Waals surface area contributed by atoms with Crippen LogP contribution in [0.5, 0.6) is 5.75 Å². The Kier molecular flexibility index (Phi) is 6.95. The number of benzene rings is 1. The van der Waals surface area contributed by atoms with Gasteiger partial charge in [0.1, 0.15) is 12.3 Å². The summed E-state index contributed by atoms with van der Waals surface area (Å²) < 4.78 is 50.9. The normalized spacial score (nSPS) is 16.2. The molecule has 42 heavy (non-hydrogen) atoms. The van der Waals surface area contributed by atoms with E-state index in [1.807, 2.05) is 0 Å². The smallest absolute Gasteiger partial charge is 0.435 e. The molecular formula is C29H28F3N7O3. The van der Waals surface area contributed by atoms with Crippen molar-refractivity contribution in [1.29, 1.82) is 0 Å². The minimum Gasteiger partial charge on any atom is -0.497 e. The van der Waals surface area contributed by atoms with Crippen LogP contribution in [0, 0.1) is 5.92 Å². The Labute approximate surface area is 239 Å². The lowest BCUT2D eigenvalue weighted by Gasteiger charge is -2.30. The predicted molar refractivity (Wildman–Crippen MR) is 146 cm³/mol. The number of ether oxygens (including phenoxy) is 1. The summed E-state index contributed by atoms with van der Waals surface area (Å²) in [6.45, 7) is 1.84. The maximum absolute atomic E-state index is 14.4. The molecule has 6 rings (SSSR count). The molecule has 1 atom stereocenters. The molecule has 1 unspecified atom stereocenters. The van der Waals surface area contributed by atoms with Crippen LogP contribution in [0.3, 0.4) is 0 Å². The Bertz CT molecular complexity index is 1640. The van der Waals surface area contributed by atoms with E-state index < -0.39 is 29.7 Å². The first-order valence-corrected chi connectivity index (χ1v) is 13.5. The Morgan fingerprint density at radius 2 is 1.90 bits per heavy atom. The van der Waals surface area contributed by atoms with E-state index in [4.69, 9.17) is 4.74 Å². The third-order valence-corrected chi connectivity index (χ3v) is 7.53. The van der Waals surface area contributed by atoms with Crippen LogP contribution in [-0.4, -0.2) is 54.7 Å². The Morgan fingerprint density at radius 3 is 2.57 bits per heavy atom. The van der Waals surface area contributed by atoms with Crippen molar-refractivity contribution in [2.24, 2.45) is 5.92 Å². The molecule has 4 heterocycles. The first-order chi connectivity index (χ1) is 20.2. The molecule has 2 amide bonds. The topological polar surface area (TPSA) is 107 Å². The van der Waals surface area contributed by atoms with Crippen molar-refractivity contribution in [1.82, 2.24) is 29.2 Å². The van der Waals surface area contributed by atoms with Crippen LogP contribution < -0.4 is 10.1 Å². The second kappa shape index (κ2) is 10.6. The average Bonchev–Trinajstić information content (AvgIpc) is 3.50. The number of carbonyl (C=O) groups excluding carboxylic acids is 2. The molecule has 4 aromatic rings. The highest BCUT2D eigenvalue weighted by atomic mass is 19.4. The number of hydrogen-bond acceptors (Lipinski definition) is 6. The molecule has 1 aromatic carbocycles. The number of imidazole rings is 1. The van der Waals surface area contributed by atoms with Gasteiger partial charge in [-0.1, -0.05) is 0 Å². The van der Waals surface area contributed by atoms with E-state index in [2.05, 4.69) is 20.4 Å². The van der Waals surface area contributed by atoms with E-state index in [0.29, 0.717) is 17.0 Å². The van der Waals surface area contributed by atoms with Gasteiger partial charge in [0.2, 0.25) is 5.91 Å². The predicted octanol–water partition coefficient (Wildman–Crippen LogP) is 4.78. The van der Waals surface area contributed by atoms with Gasteiger partial charge in [-0.25, -0.2) is 4.98 Å². The highest BCUT2D eigenvalue weighted by Crippen LogP contribution is 2.47. The quantitative estimate of drug-likeness (QED) is 0.322. The van der Waals surface area contributed by atoms with Crippen LogP contribution in [0.1, 0.15) is 53.1 Å². The molecule has 2 aliphatic rings. The fourth-order valence-corrected chi connectivity index (χ4v) is 5.46. The molecule has 10 nitrogen and oxygen atoms in total. The molecule has 1 aliphatic carbocycles.